The van der Waals surface area contributed by atoms with Gasteiger partial charge in [-0.3, -0.25) is 0 Å². The average Bonchev–Trinajstić information content (AvgIpc) is 3.11. The van der Waals surface area contributed by atoms with Gasteiger partial charge in [0.25, 0.3) is 10.0 Å². The normalized spacial score (nSPS) is 17.3. The van der Waals surface area contributed by atoms with Crippen LogP contribution in [0.25, 0.3) is 0 Å². The zero-order valence-corrected chi connectivity index (χ0v) is 12.1. The first-order valence-corrected chi connectivity index (χ1v) is 7.98. The minimum atomic E-state index is -3.74. The molecule has 3 N–H and O–H groups in total. The highest BCUT2D eigenvalue weighted by molar-refractivity contribution is 7.89. The lowest BCUT2D eigenvalue weighted by molar-refractivity contribution is 0.0678. The zero-order chi connectivity index (χ0) is 14.6. The molecular weight excluding hydrogens is 284 g/mol. The van der Waals surface area contributed by atoms with Crippen LogP contribution in [0.2, 0.25) is 0 Å². The Morgan fingerprint density at radius 1 is 1.50 bits per heavy atom. The average molecular weight is 304 g/mol. The van der Waals surface area contributed by atoms with Crippen LogP contribution in [0.15, 0.2) is 21.6 Å². The molecule has 0 saturated heterocycles. The fourth-order valence-corrected chi connectivity index (χ4v) is 2.68. The number of methoxy groups -OCH3 is 1. The molecule has 114 valence electrons. The highest BCUT2D eigenvalue weighted by Crippen LogP contribution is 2.20. The van der Waals surface area contributed by atoms with Gasteiger partial charge in [0.05, 0.1) is 19.3 Å². The molecule has 0 spiro atoms. The lowest BCUT2D eigenvalue weighted by atomic mass is 10.4. The SMILES string of the molecule is COCC(O)CNS(=O)(=O)c1ccc(CNC2CC2)o1. The van der Waals surface area contributed by atoms with E-state index in [4.69, 9.17) is 9.15 Å². The first kappa shape index (κ1) is 15.5. The van der Waals surface area contributed by atoms with Gasteiger partial charge in [0.1, 0.15) is 5.76 Å². The lowest BCUT2D eigenvalue weighted by Crippen LogP contribution is -2.34. The van der Waals surface area contributed by atoms with Gasteiger partial charge in [-0.25, -0.2) is 13.1 Å². The van der Waals surface area contributed by atoms with Gasteiger partial charge in [-0.15, -0.1) is 0 Å². The number of ether oxygens (including phenoxy) is 1. The van der Waals surface area contributed by atoms with E-state index in [2.05, 4.69) is 10.0 Å². The number of aliphatic hydroxyl groups excluding tert-OH is 1. The Labute approximate surface area is 118 Å². The fraction of sp³-hybridized carbons (Fsp3) is 0.667. The number of hydrogen-bond acceptors (Lipinski definition) is 6. The van der Waals surface area contributed by atoms with Crippen LogP contribution in [0.5, 0.6) is 0 Å². The van der Waals surface area contributed by atoms with Gasteiger partial charge in [0.2, 0.25) is 5.09 Å². The molecule has 0 amide bonds. The summed E-state index contributed by atoms with van der Waals surface area (Å²) in [6, 6.07) is 3.58. The van der Waals surface area contributed by atoms with Crippen molar-refractivity contribution in [2.24, 2.45) is 0 Å². The van der Waals surface area contributed by atoms with Gasteiger partial charge in [0.15, 0.2) is 0 Å². The summed E-state index contributed by atoms with van der Waals surface area (Å²) >= 11 is 0. The maximum Gasteiger partial charge on any atom is 0.274 e. The maximum absolute atomic E-state index is 11.9. The Hall–Kier alpha value is -0.930. The topological polar surface area (TPSA) is 101 Å². The zero-order valence-electron chi connectivity index (χ0n) is 11.3. The molecule has 1 atom stereocenters. The van der Waals surface area contributed by atoms with Crippen molar-refractivity contribution in [1.82, 2.24) is 10.0 Å². The molecule has 20 heavy (non-hydrogen) atoms. The summed E-state index contributed by atoms with van der Waals surface area (Å²) in [5.41, 5.74) is 0. The Balaban J connectivity index is 1.87. The third kappa shape index (κ3) is 4.57. The molecule has 1 aromatic heterocycles. The van der Waals surface area contributed by atoms with E-state index in [1.165, 1.54) is 13.2 Å². The number of furan rings is 1. The van der Waals surface area contributed by atoms with Gasteiger partial charge in [0, 0.05) is 19.7 Å². The van der Waals surface area contributed by atoms with E-state index >= 15 is 0 Å². The Morgan fingerprint density at radius 3 is 2.90 bits per heavy atom. The molecule has 0 bridgehead atoms. The maximum atomic E-state index is 11.9. The predicted molar refractivity (Wildman–Crippen MR) is 71.6 cm³/mol. The molecular formula is C12H20N2O5S. The molecule has 1 heterocycles. The van der Waals surface area contributed by atoms with Crippen molar-refractivity contribution in [2.45, 2.75) is 36.6 Å². The number of sulfonamides is 1. The van der Waals surface area contributed by atoms with Crippen LogP contribution in [-0.4, -0.2) is 45.9 Å². The van der Waals surface area contributed by atoms with Crippen molar-refractivity contribution in [3.8, 4) is 0 Å². The van der Waals surface area contributed by atoms with Crippen molar-refractivity contribution in [1.29, 1.82) is 0 Å². The predicted octanol–water partition coefficient (Wildman–Crippen LogP) is -0.183. The van der Waals surface area contributed by atoms with E-state index < -0.39 is 16.1 Å². The van der Waals surface area contributed by atoms with Crippen LogP contribution in [0.4, 0.5) is 0 Å². The minimum absolute atomic E-state index is 0.0667. The largest absolute Gasteiger partial charge is 0.447 e. The molecule has 1 aliphatic carbocycles. The number of hydrogen-bond donors (Lipinski definition) is 3. The molecule has 2 rings (SSSR count). The van der Waals surface area contributed by atoms with Crippen LogP contribution < -0.4 is 10.0 Å². The standard InChI is InChI=1S/C12H20N2O5S/c1-18-8-10(15)6-14-20(16,17)12-5-4-11(19-12)7-13-9-2-3-9/h4-5,9-10,13-15H,2-3,6-8H2,1H3. The quantitative estimate of drug-likeness (QED) is 0.585. The molecule has 1 unspecified atom stereocenters. The van der Waals surface area contributed by atoms with Crippen molar-refractivity contribution >= 4 is 10.0 Å². The molecule has 7 nitrogen and oxygen atoms in total. The molecule has 1 aliphatic rings. The van der Waals surface area contributed by atoms with Crippen molar-refractivity contribution in [2.75, 3.05) is 20.3 Å². The van der Waals surface area contributed by atoms with Crippen molar-refractivity contribution in [3.63, 3.8) is 0 Å². The summed E-state index contributed by atoms with van der Waals surface area (Å²) in [5, 5.41) is 12.5. The molecule has 0 aliphatic heterocycles. The van der Waals surface area contributed by atoms with E-state index in [-0.39, 0.29) is 18.2 Å². The first-order chi connectivity index (χ1) is 9.51. The lowest BCUT2D eigenvalue weighted by Gasteiger charge is -2.09. The van der Waals surface area contributed by atoms with E-state index in [1.54, 1.807) is 6.07 Å². The summed E-state index contributed by atoms with van der Waals surface area (Å²) in [4.78, 5) is 0. The monoisotopic (exact) mass is 304 g/mol. The Kier molecular flexibility index (Phi) is 5.17. The Bertz CT molecular complexity index is 524. The van der Waals surface area contributed by atoms with Gasteiger partial charge in [-0.05, 0) is 25.0 Å². The van der Waals surface area contributed by atoms with E-state index in [0.29, 0.717) is 18.3 Å². The van der Waals surface area contributed by atoms with Gasteiger partial charge >= 0.3 is 0 Å². The van der Waals surface area contributed by atoms with Crippen LogP contribution in [-0.2, 0) is 21.3 Å². The number of nitrogens with one attached hydrogen (secondary N) is 2. The summed E-state index contributed by atoms with van der Waals surface area (Å²) < 4.78 is 36.1. The van der Waals surface area contributed by atoms with Crippen molar-refractivity contribution < 1.29 is 22.7 Å². The third-order valence-electron chi connectivity index (χ3n) is 2.91. The summed E-state index contributed by atoms with van der Waals surface area (Å²) in [7, 11) is -2.30. The van der Waals surface area contributed by atoms with Gasteiger partial charge in [-0.2, -0.15) is 0 Å². The smallest absolute Gasteiger partial charge is 0.274 e. The highest BCUT2D eigenvalue weighted by Gasteiger charge is 2.22. The second-order valence-electron chi connectivity index (χ2n) is 4.84. The number of rotatable bonds is 9. The Morgan fingerprint density at radius 2 is 2.25 bits per heavy atom. The van der Waals surface area contributed by atoms with Crippen LogP contribution in [0.1, 0.15) is 18.6 Å². The summed E-state index contributed by atoms with van der Waals surface area (Å²) in [5.74, 6) is 0.578. The molecule has 8 heteroatoms. The second-order valence-corrected chi connectivity index (χ2v) is 6.53. The molecule has 0 radical (unpaired) electrons. The van der Waals surface area contributed by atoms with Gasteiger partial charge < -0.3 is 19.6 Å². The summed E-state index contributed by atoms with van der Waals surface area (Å²) in [6.07, 6.45) is 1.43. The highest BCUT2D eigenvalue weighted by atomic mass is 32.2. The van der Waals surface area contributed by atoms with E-state index in [0.717, 1.165) is 12.8 Å². The second kappa shape index (κ2) is 6.68. The fourth-order valence-electron chi connectivity index (χ4n) is 1.66. The third-order valence-corrected chi connectivity index (χ3v) is 4.21. The van der Waals surface area contributed by atoms with E-state index in [1.807, 2.05) is 0 Å². The van der Waals surface area contributed by atoms with Crippen LogP contribution in [0, 0.1) is 0 Å². The summed E-state index contributed by atoms with van der Waals surface area (Å²) in [6.45, 7) is 0.469. The minimum Gasteiger partial charge on any atom is -0.447 e. The molecule has 1 fully saturated rings. The first-order valence-electron chi connectivity index (χ1n) is 6.50. The van der Waals surface area contributed by atoms with E-state index in [9.17, 15) is 13.5 Å². The molecule has 0 aromatic carbocycles. The molecule has 1 saturated carbocycles. The van der Waals surface area contributed by atoms with Crippen LogP contribution in [0.3, 0.4) is 0 Å². The van der Waals surface area contributed by atoms with Crippen LogP contribution >= 0.6 is 0 Å². The van der Waals surface area contributed by atoms with Crippen molar-refractivity contribution in [3.05, 3.63) is 17.9 Å². The molecule has 1 aromatic rings. The van der Waals surface area contributed by atoms with Gasteiger partial charge in [-0.1, -0.05) is 0 Å². The number of aliphatic hydroxyl groups is 1.